The topological polar surface area (TPSA) is 9.23 Å². The van der Waals surface area contributed by atoms with Crippen molar-refractivity contribution in [2.45, 2.75) is 0 Å². The van der Waals surface area contributed by atoms with Gasteiger partial charge in [0.2, 0.25) is 0 Å². The largest absolute Gasteiger partial charge is 0.230 e. The van der Waals surface area contributed by atoms with Crippen molar-refractivity contribution in [1.82, 2.24) is 0 Å². The Kier molecular flexibility index (Phi) is 34.6. The van der Waals surface area contributed by atoms with Crippen LogP contribution in [0.3, 0.4) is 0 Å². The molecule has 0 aromatic rings. The summed E-state index contributed by atoms with van der Waals surface area (Å²) in [6.07, 6.45) is 0. The summed E-state index contributed by atoms with van der Waals surface area (Å²) in [5, 5.41) is 0. The molecule has 51 valence electrons. The Labute approximate surface area is 84.4 Å². The Bertz CT molecular complexity index is 26.5. The predicted octanol–water partition coefficient (Wildman–Crippen LogP) is 5.41. The summed E-state index contributed by atoms with van der Waals surface area (Å²) in [6, 6.07) is 0. The van der Waals surface area contributed by atoms with Crippen LogP contribution in [0.1, 0.15) is 0 Å². The van der Waals surface area contributed by atoms with Gasteiger partial charge in [-0.3, -0.25) is 0 Å². The standard InChI is InChI=1S/Br2O.Cl3P.P/c1-3-2;1-4(2)3;. The minimum absolute atomic E-state index is 0. The van der Waals surface area contributed by atoms with Crippen LogP contribution >= 0.6 is 82.1 Å². The third kappa shape index (κ3) is 72.1. The molecule has 0 saturated carbocycles. The average Bonchev–Trinajstić information content (AvgIpc) is 1.33. The summed E-state index contributed by atoms with van der Waals surface area (Å²) >= 11 is 19.7. The first-order valence-corrected chi connectivity index (χ1v) is 6.17. The van der Waals surface area contributed by atoms with Gasteiger partial charge in [-0.15, -0.1) is 0 Å². The van der Waals surface area contributed by atoms with Crippen LogP contribution in [0.4, 0.5) is 0 Å². The Morgan fingerprint density at radius 3 is 1.12 bits per heavy atom. The van der Waals surface area contributed by atoms with Crippen molar-refractivity contribution in [3.63, 3.8) is 0 Å². The molecule has 0 heterocycles. The molecule has 8 heteroatoms. The second-order valence-electron chi connectivity index (χ2n) is 0.250. The maximum Gasteiger partial charge on any atom is 0.179 e. The molecule has 0 unspecified atom stereocenters. The summed E-state index contributed by atoms with van der Waals surface area (Å²) < 4.78 is 3.88. The van der Waals surface area contributed by atoms with E-state index in [4.69, 9.17) is 33.7 Å². The van der Waals surface area contributed by atoms with Crippen LogP contribution in [0, 0.1) is 0 Å². The van der Waals surface area contributed by atoms with E-state index in [9.17, 15) is 0 Å². The molecule has 0 N–H and O–H groups in total. The first-order chi connectivity index (χ1) is 3.15. The van der Waals surface area contributed by atoms with Crippen molar-refractivity contribution < 1.29 is 2.92 Å². The zero-order valence-corrected chi connectivity index (χ0v) is 10.4. The summed E-state index contributed by atoms with van der Waals surface area (Å²) in [6.45, 7) is 0. The highest BCUT2D eigenvalue weighted by molar-refractivity contribution is 9.18. The SMILES string of the molecule is BrOBr.ClP(Cl)Cl.[P]. The summed E-state index contributed by atoms with van der Waals surface area (Å²) in [4.78, 5) is 0. The molecular weight excluding hydrogens is 344 g/mol. The molecule has 0 aromatic carbocycles. The highest BCUT2D eigenvalue weighted by Gasteiger charge is 1.80. The number of hydrogen-bond donors (Lipinski definition) is 0. The molecule has 0 aliphatic heterocycles. The number of halogens is 5. The van der Waals surface area contributed by atoms with Crippen LogP contribution in [-0.4, -0.2) is 0 Å². The van der Waals surface area contributed by atoms with E-state index >= 15 is 0 Å². The minimum Gasteiger partial charge on any atom is -0.230 e. The average molecular weight is 344 g/mol. The molecule has 0 bridgehead atoms. The van der Waals surface area contributed by atoms with Crippen LogP contribution in [0.2, 0.25) is 0 Å². The molecular formula is Br2Cl3OP2. The van der Waals surface area contributed by atoms with E-state index in [1.54, 1.807) is 0 Å². The van der Waals surface area contributed by atoms with E-state index in [2.05, 4.69) is 35.4 Å². The first-order valence-electron chi connectivity index (χ1n) is 0.816. The Morgan fingerprint density at radius 1 is 1.12 bits per heavy atom. The fourth-order valence-corrected chi connectivity index (χ4v) is 0. The van der Waals surface area contributed by atoms with Crippen LogP contribution < -0.4 is 0 Å². The smallest absolute Gasteiger partial charge is 0.179 e. The zero-order valence-electron chi connectivity index (χ0n) is 3.19. The molecule has 0 aliphatic rings. The molecule has 0 fully saturated rings. The van der Waals surface area contributed by atoms with Crippen LogP contribution in [0.5, 0.6) is 0 Å². The zero-order chi connectivity index (χ0) is 6.28. The van der Waals surface area contributed by atoms with Gasteiger partial charge in [-0.25, -0.2) is 2.92 Å². The van der Waals surface area contributed by atoms with Crippen LogP contribution in [0.25, 0.3) is 0 Å². The van der Waals surface area contributed by atoms with Gasteiger partial charge in [-0.05, 0) is 0 Å². The fraction of sp³-hybridized carbons (Fsp3) is 0. The lowest BCUT2D eigenvalue weighted by atomic mass is 16.0. The Hall–Kier alpha value is 2.65. The molecule has 1 nitrogen and oxygen atoms in total. The van der Waals surface area contributed by atoms with E-state index in [1.807, 2.05) is 0 Å². The fourth-order valence-electron chi connectivity index (χ4n) is 0. The second kappa shape index (κ2) is 16.3. The van der Waals surface area contributed by atoms with Gasteiger partial charge in [0, 0.05) is 9.90 Å². The van der Waals surface area contributed by atoms with Gasteiger partial charge >= 0.3 is 0 Å². The highest BCUT2D eigenvalue weighted by atomic mass is 79.9. The summed E-state index contributed by atoms with van der Waals surface area (Å²) in [7, 11) is 0. The van der Waals surface area contributed by atoms with Crippen molar-refractivity contribution >= 4 is 82.1 Å². The van der Waals surface area contributed by atoms with E-state index in [0.717, 1.165) is 0 Å². The first kappa shape index (κ1) is 16.9. The maximum absolute atomic E-state index is 4.87. The molecule has 8 heavy (non-hydrogen) atoms. The lowest BCUT2D eigenvalue weighted by Crippen LogP contribution is -1.10. The van der Waals surface area contributed by atoms with Gasteiger partial charge in [-0.2, -0.15) is 0 Å². The molecule has 0 spiro atoms. The quantitative estimate of drug-likeness (QED) is 0.534. The van der Waals surface area contributed by atoms with Crippen molar-refractivity contribution in [3.8, 4) is 0 Å². The summed E-state index contributed by atoms with van der Waals surface area (Å²) in [5.41, 5.74) is 0. The summed E-state index contributed by atoms with van der Waals surface area (Å²) in [5.74, 6) is -1.20. The molecule has 0 aromatic heterocycles. The van der Waals surface area contributed by atoms with Gasteiger partial charge in [0.15, 0.2) is 5.98 Å². The monoisotopic (exact) mass is 341 g/mol. The van der Waals surface area contributed by atoms with Gasteiger partial charge in [0.1, 0.15) is 32.5 Å². The lowest BCUT2D eigenvalue weighted by molar-refractivity contribution is 0.838. The minimum atomic E-state index is -1.20. The third-order valence-electron chi connectivity index (χ3n) is 0. The van der Waals surface area contributed by atoms with Gasteiger partial charge < -0.3 is 0 Å². The Morgan fingerprint density at radius 2 is 1.12 bits per heavy atom. The van der Waals surface area contributed by atoms with Crippen molar-refractivity contribution in [3.05, 3.63) is 0 Å². The Balaban J connectivity index is -0.0000000575. The molecule has 0 aliphatic carbocycles. The van der Waals surface area contributed by atoms with Crippen molar-refractivity contribution in [1.29, 1.82) is 0 Å². The third-order valence-corrected chi connectivity index (χ3v) is 0. The van der Waals surface area contributed by atoms with Crippen LogP contribution in [0.15, 0.2) is 0 Å². The number of hydrogen-bond acceptors (Lipinski definition) is 1. The van der Waals surface area contributed by atoms with Crippen molar-refractivity contribution in [2.24, 2.45) is 0 Å². The van der Waals surface area contributed by atoms with Crippen molar-refractivity contribution in [2.75, 3.05) is 0 Å². The normalized spacial score (nSPS) is 6.75. The molecule has 0 rings (SSSR count). The van der Waals surface area contributed by atoms with Gasteiger partial charge in [0.05, 0.1) is 0 Å². The molecule has 0 amide bonds. The second-order valence-corrected chi connectivity index (χ2v) is 6.75. The van der Waals surface area contributed by atoms with E-state index in [0.29, 0.717) is 0 Å². The maximum atomic E-state index is 4.87. The predicted molar refractivity (Wildman–Crippen MR) is 50.3 cm³/mol. The number of rotatable bonds is 0. The van der Waals surface area contributed by atoms with Gasteiger partial charge in [0.25, 0.3) is 0 Å². The van der Waals surface area contributed by atoms with E-state index in [-0.39, 0.29) is 9.90 Å². The highest BCUT2D eigenvalue weighted by Crippen LogP contribution is 2.51. The van der Waals surface area contributed by atoms with E-state index in [1.165, 1.54) is 0 Å². The molecule has 0 atom stereocenters. The van der Waals surface area contributed by atoms with Gasteiger partial charge in [-0.1, -0.05) is 33.7 Å². The molecule has 0 saturated heterocycles. The lowest BCUT2D eigenvalue weighted by Gasteiger charge is -1.68. The van der Waals surface area contributed by atoms with E-state index < -0.39 is 5.98 Å². The van der Waals surface area contributed by atoms with Crippen LogP contribution in [-0.2, 0) is 2.92 Å². The molecule has 3 radical (unpaired) electrons.